The van der Waals surface area contributed by atoms with Crippen LogP contribution in [-0.4, -0.2) is 0 Å². The molecule has 0 atom stereocenters. The van der Waals surface area contributed by atoms with Crippen LogP contribution in [0.25, 0.3) is 43.1 Å². The average Bonchev–Trinajstić information content (AvgIpc) is 2.52. The van der Waals surface area contributed by atoms with Crippen LogP contribution in [0.3, 0.4) is 0 Å². The summed E-state index contributed by atoms with van der Waals surface area (Å²) in [4.78, 5) is 0. The molecule has 0 aliphatic heterocycles. The average molecular weight is 250 g/mol. The Morgan fingerprint density at radius 1 is 0.500 bits per heavy atom. The van der Waals surface area contributed by atoms with Crippen molar-refractivity contribution in [1.82, 2.24) is 0 Å². The first-order valence-electron chi connectivity index (χ1n) is 6.80. The predicted octanol–water partition coefficient (Wildman–Crippen LogP) is 5.34. The molecule has 0 saturated heterocycles. The summed E-state index contributed by atoms with van der Waals surface area (Å²) in [5.41, 5.74) is 0. The first kappa shape index (κ1) is 10.2. The number of hydrogen-bond donors (Lipinski definition) is 0. The molecule has 0 saturated carbocycles. The largest absolute Gasteiger partial charge is 0.0610 e. The molecule has 0 nitrogen and oxygen atoms in total. The molecule has 0 N–H and O–H groups in total. The highest BCUT2D eigenvalue weighted by molar-refractivity contribution is 6.32. The highest BCUT2D eigenvalue weighted by Gasteiger charge is 2.11. The van der Waals surface area contributed by atoms with Crippen molar-refractivity contribution in [3.05, 3.63) is 72.8 Å². The lowest BCUT2D eigenvalue weighted by Gasteiger charge is -2.13. The van der Waals surface area contributed by atoms with Crippen molar-refractivity contribution in [2.45, 2.75) is 0 Å². The summed E-state index contributed by atoms with van der Waals surface area (Å²) in [5.74, 6) is 0. The smallest absolute Gasteiger partial charge is 0.00259 e. The third-order valence-electron chi connectivity index (χ3n) is 4.25. The molecule has 0 bridgehead atoms. The van der Waals surface area contributed by atoms with Crippen molar-refractivity contribution in [3.8, 4) is 0 Å². The molecule has 5 aromatic rings. The maximum absolute atomic E-state index is 3.28. The van der Waals surface area contributed by atoms with E-state index < -0.39 is 0 Å². The summed E-state index contributed by atoms with van der Waals surface area (Å²) in [6.07, 6.45) is 0. The molecule has 20 heavy (non-hydrogen) atoms. The fraction of sp³-hybridized carbons (Fsp3) is 0. The highest BCUT2D eigenvalue weighted by Crippen LogP contribution is 2.39. The van der Waals surface area contributed by atoms with Gasteiger partial charge in [-0.25, -0.2) is 0 Å². The summed E-state index contributed by atoms with van der Waals surface area (Å²) in [6, 6.07) is 27.9. The van der Waals surface area contributed by atoms with Crippen molar-refractivity contribution in [2.24, 2.45) is 0 Å². The van der Waals surface area contributed by atoms with Gasteiger partial charge in [0, 0.05) is 0 Å². The van der Waals surface area contributed by atoms with Crippen LogP contribution < -0.4 is 0 Å². The summed E-state index contributed by atoms with van der Waals surface area (Å²) < 4.78 is 0. The van der Waals surface area contributed by atoms with Gasteiger partial charge in [0.05, 0.1) is 0 Å². The second-order valence-corrected chi connectivity index (χ2v) is 5.28. The Kier molecular flexibility index (Phi) is 1.78. The molecule has 0 heterocycles. The summed E-state index contributed by atoms with van der Waals surface area (Å²) in [5, 5.41) is 10.4. The maximum Gasteiger partial charge on any atom is -0.00259 e. The van der Waals surface area contributed by atoms with E-state index in [1.165, 1.54) is 43.1 Å². The van der Waals surface area contributed by atoms with Crippen LogP contribution in [0, 0.1) is 12.1 Å². The van der Waals surface area contributed by atoms with Crippen molar-refractivity contribution < 1.29 is 0 Å². The van der Waals surface area contributed by atoms with Gasteiger partial charge in [-0.15, -0.1) is 0 Å². The molecule has 2 radical (unpaired) electrons. The van der Waals surface area contributed by atoms with E-state index in [9.17, 15) is 0 Å². The lowest BCUT2D eigenvalue weighted by molar-refractivity contribution is 1.77. The molecule has 5 aromatic carbocycles. The Morgan fingerprint density at radius 3 is 1.50 bits per heavy atom. The van der Waals surface area contributed by atoms with Crippen molar-refractivity contribution in [2.75, 3.05) is 0 Å². The Morgan fingerprint density at radius 2 is 1.00 bits per heavy atom. The van der Waals surface area contributed by atoms with E-state index in [1.54, 1.807) is 0 Å². The fourth-order valence-electron chi connectivity index (χ4n) is 3.43. The van der Waals surface area contributed by atoms with Crippen molar-refractivity contribution >= 4 is 43.1 Å². The summed E-state index contributed by atoms with van der Waals surface area (Å²) in [6.45, 7) is 0. The maximum atomic E-state index is 3.28. The molecular formula is C20H10. The zero-order valence-electron chi connectivity index (χ0n) is 10.8. The van der Waals surface area contributed by atoms with Crippen LogP contribution in [0.4, 0.5) is 0 Å². The number of rotatable bonds is 0. The van der Waals surface area contributed by atoms with Crippen LogP contribution in [-0.2, 0) is 0 Å². The predicted molar refractivity (Wildman–Crippen MR) is 85.3 cm³/mol. The Labute approximate surface area is 116 Å². The minimum Gasteiger partial charge on any atom is -0.0610 e. The molecule has 0 aliphatic rings. The normalized spacial score (nSPS) is 12.0. The second kappa shape index (κ2) is 3.49. The molecule has 0 unspecified atom stereocenters. The van der Waals surface area contributed by atoms with Gasteiger partial charge >= 0.3 is 0 Å². The zero-order valence-corrected chi connectivity index (χ0v) is 10.8. The number of benzene rings is 5. The second-order valence-electron chi connectivity index (χ2n) is 5.28. The third-order valence-corrected chi connectivity index (χ3v) is 4.25. The quantitative estimate of drug-likeness (QED) is 0.257. The Bertz CT molecular complexity index is 917. The van der Waals surface area contributed by atoms with Crippen LogP contribution in [0.5, 0.6) is 0 Å². The summed E-state index contributed by atoms with van der Waals surface area (Å²) in [7, 11) is 0. The zero-order chi connectivity index (χ0) is 13.1. The van der Waals surface area contributed by atoms with Gasteiger partial charge in [-0.05, 0) is 79.5 Å². The molecule has 5 rings (SSSR count). The van der Waals surface area contributed by atoms with E-state index in [2.05, 4.69) is 72.8 Å². The standard InChI is InChI=1S/C20H10/c1-5-13-6-2-11-17-18-12-4-8-14-7-3-10-16(20(14)18)15(9-1)19(13)17/h1,4-12H. The van der Waals surface area contributed by atoms with Crippen LogP contribution in [0.15, 0.2) is 60.7 Å². The van der Waals surface area contributed by atoms with Gasteiger partial charge in [-0.1, -0.05) is 36.4 Å². The first-order chi connectivity index (χ1) is 9.93. The minimum atomic E-state index is 1.26. The van der Waals surface area contributed by atoms with Crippen LogP contribution >= 0.6 is 0 Å². The van der Waals surface area contributed by atoms with Crippen molar-refractivity contribution in [3.63, 3.8) is 0 Å². The molecule has 0 aromatic heterocycles. The van der Waals surface area contributed by atoms with Gasteiger partial charge in [0.25, 0.3) is 0 Å². The van der Waals surface area contributed by atoms with Crippen LogP contribution in [0.1, 0.15) is 0 Å². The molecule has 0 aliphatic carbocycles. The molecule has 90 valence electrons. The van der Waals surface area contributed by atoms with Gasteiger partial charge < -0.3 is 0 Å². The molecule has 0 amide bonds. The SMILES string of the molecule is [c]1cc2cccc3c4c[c]cc5cccc(c(c1)c23)c54. The molecule has 0 heteroatoms. The van der Waals surface area contributed by atoms with E-state index in [-0.39, 0.29) is 0 Å². The lowest BCUT2D eigenvalue weighted by atomic mass is 9.90. The Balaban J connectivity index is 2.32. The topological polar surface area (TPSA) is 0 Å². The van der Waals surface area contributed by atoms with Gasteiger partial charge in [-0.3, -0.25) is 0 Å². The molecule has 0 fully saturated rings. The van der Waals surface area contributed by atoms with E-state index in [0.29, 0.717) is 0 Å². The highest BCUT2D eigenvalue weighted by atomic mass is 14.1. The van der Waals surface area contributed by atoms with Gasteiger partial charge in [0.1, 0.15) is 0 Å². The van der Waals surface area contributed by atoms with Gasteiger partial charge in [0.15, 0.2) is 0 Å². The molecular weight excluding hydrogens is 240 g/mol. The lowest BCUT2D eigenvalue weighted by Crippen LogP contribution is -1.86. The van der Waals surface area contributed by atoms with Crippen molar-refractivity contribution in [1.29, 1.82) is 0 Å². The minimum absolute atomic E-state index is 1.26. The number of fused-ring (bicyclic) bond motifs is 2. The van der Waals surface area contributed by atoms with E-state index in [4.69, 9.17) is 0 Å². The fourth-order valence-corrected chi connectivity index (χ4v) is 3.43. The first-order valence-corrected chi connectivity index (χ1v) is 6.80. The van der Waals surface area contributed by atoms with E-state index in [0.717, 1.165) is 0 Å². The summed E-state index contributed by atoms with van der Waals surface area (Å²) >= 11 is 0. The van der Waals surface area contributed by atoms with E-state index >= 15 is 0 Å². The number of hydrogen-bond acceptors (Lipinski definition) is 0. The van der Waals surface area contributed by atoms with Gasteiger partial charge in [-0.2, -0.15) is 0 Å². The van der Waals surface area contributed by atoms with E-state index in [1.807, 2.05) is 0 Å². The van der Waals surface area contributed by atoms with Gasteiger partial charge in [0.2, 0.25) is 0 Å². The monoisotopic (exact) mass is 250 g/mol. The van der Waals surface area contributed by atoms with Crippen LogP contribution in [0.2, 0.25) is 0 Å². The third kappa shape index (κ3) is 1.12. The molecule has 0 spiro atoms. The Hall–Kier alpha value is -2.60.